The van der Waals surface area contributed by atoms with Gasteiger partial charge in [-0.05, 0) is 25.0 Å². The summed E-state index contributed by atoms with van der Waals surface area (Å²) in [5, 5.41) is 0. The van der Waals surface area contributed by atoms with Gasteiger partial charge in [0.2, 0.25) is 0 Å². The van der Waals surface area contributed by atoms with Crippen LogP contribution in [0.25, 0.3) is 17.7 Å². The van der Waals surface area contributed by atoms with Crippen molar-refractivity contribution in [1.29, 1.82) is 0 Å². The largest absolute Gasteiger partial charge is 0.327 e. The molecule has 2 rings (SSSR count). The van der Waals surface area contributed by atoms with E-state index in [2.05, 4.69) is 55.5 Å². The number of rotatable bonds is 3. The minimum atomic E-state index is 0.455. The molecule has 0 saturated carbocycles. The van der Waals surface area contributed by atoms with Crippen LogP contribution in [0.15, 0.2) is 43.0 Å². The Morgan fingerprint density at radius 2 is 2.11 bits per heavy atom. The minimum Gasteiger partial charge on any atom is -0.327 e. The number of hydrogen-bond acceptors (Lipinski definition) is 1. The Balaban J connectivity index is 2.55. The van der Waals surface area contributed by atoms with Gasteiger partial charge in [-0.3, -0.25) is 0 Å². The minimum absolute atomic E-state index is 0.455. The van der Waals surface area contributed by atoms with E-state index in [0.29, 0.717) is 5.92 Å². The van der Waals surface area contributed by atoms with Crippen LogP contribution in [0, 0.1) is 5.92 Å². The van der Waals surface area contributed by atoms with E-state index in [-0.39, 0.29) is 0 Å². The van der Waals surface area contributed by atoms with Crippen molar-refractivity contribution in [1.82, 2.24) is 9.55 Å². The van der Waals surface area contributed by atoms with E-state index in [1.807, 2.05) is 19.1 Å². The normalized spacial score (nSPS) is 18.7. The molecule has 0 saturated heterocycles. The number of fused-ring (bicyclic) bond motifs is 1. The first-order valence-electron chi connectivity index (χ1n) is 6.56. The second-order valence-corrected chi connectivity index (χ2v) is 4.70. The van der Waals surface area contributed by atoms with E-state index in [0.717, 1.165) is 22.8 Å². The van der Waals surface area contributed by atoms with Crippen molar-refractivity contribution in [3.8, 4) is 0 Å². The average molecular weight is 252 g/mol. The van der Waals surface area contributed by atoms with E-state index < -0.39 is 0 Å². The Kier molecular flexibility index (Phi) is 4.00. The molecule has 1 aliphatic rings. The Labute approximate surface area is 115 Å². The fourth-order valence-electron chi connectivity index (χ4n) is 2.17. The molecule has 1 aromatic rings. The summed E-state index contributed by atoms with van der Waals surface area (Å²) in [6.45, 7) is 7.94. The maximum Gasteiger partial charge on any atom is 0.140 e. The second-order valence-electron chi connectivity index (χ2n) is 4.70. The molecule has 1 unspecified atom stereocenters. The second kappa shape index (κ2) is 5.70. The third kappa shape index (κ3) is 2.68. The summed E-state index contributed by atoms with van der Waals surface area (Å²) in [6, 6.07) is 0. The highest BCUT2D eigenvalue weighted by Gasteiger charge is 2.14. The Bertz CT molecular complexity index is 595. The van der Waals surface area contributed by atoms with Crippen molar-refractivity contribution < 1.29 is 0 Å². The van der Waals surface area contributed by atoms with Gasteiger partial charge in [-0.2, -0.15) is 0 Å². The van der Waals surface area contributed by atoms with Gasteiger partial charge >= 0.3 is 0 Å². The monoisotopic (exact) mass is 252 g/mol. The van der Waals surface area contributed by atoms with Gasteiger partial charge in [0.1, 0.15) is 5.82 Å². The summed E-state index contributed by atoms with van der Waals surface area (Å²) in [4.78, 5) is 4.74. The molecule has 1 atom stereocenters. The molecule has 98 valence electrons. The Morgan fingerprint density at radius 1 is 1.37 bits per heavy atom. The van der Waals surface area contributed by atoms with Crippen LogP contribution >= 0.6 is 0 Å². The van der Waals surface area contributed by atoms with Crippen LogP contribution in [0.5, 0.6) is 0 Å². The first kappa shape index (κ1) is 13.3. The van der Waals surface area contributed by atoms with Gasteiger partial charge in [-0.25, -0.2) is 4.98 Å². The van der Waals surface area contributed by atoms with Crippen molar-refractivity contribution in [3.63, 3.8) is 0 Å². The van der Waals surface area contributed by atoms with Crippen LogP contribution in [0.3, 0.4) is 0 Å². The zero-order valence-electron chi connectivity index (χ0n) is 11.8. The van der Waals surface area contributed by atoms with Crippen molar-refractivity contribution in [2.24, 2.45) is 13.0 Å². The summed E-state index contributed by atoms with van der Waals surface area (Å²) >= 11 is 0. The number of nitrogens with zero attached hydrogens (tertiary/aromatic N) is 2. The fourth-order valence-corrected chi connectivity index (χ4v) is 2.17. The number of allylic oxidation sites excluding steroid dienone is 7. The van der Waals surface area contributed by atoms with Gasteiger partial charge in [0.05, 0.1) is 11.4 Å². The first-order chi connectivity index (χ1) is 9.17. The summed E-state index contributed by atoms with van der Waals surface area (Å²) in [5.74, 6) is 1.42. The van der Waals surface area contributed by atoms with Crippen LogP contribution in [0.2, 0.25) is 0 Å². The lowest BCUT2D eigenvalue weighted by atomic mass is 10.1. The zero-order chi connectivity index (χ0) is 13.8. The van der Waals surface area contributed by atoms with Gasteiger partial charge in [-0.15, -0.1) is 0 Å². The molecule has 0 aliphatic heterocycles. The topological polar surface area (TPSA) is 17.8 Å². The van der Waals surface area contributed by atoms with Crippen LogP contribution in [0.4, 0.5) is 0 Å². The van der Waals surface area contributed by atoms with Crippen LogP contribution in [0.1, 0.15) is 31.1 Å². The van der Waals surface area contributed by atoms with E-state index in [9.17, 15) is 0 Å². The summed E-state index contributed by atoms with van der Waals surface area (Å²) < 4.78 is 2.13. The number of aromatic nitrogens is 2. The molecule has 0 aromatic carbocycles. The third-order valence-corrected chi connectivity index (χ3v) is 3.18. The van der Waals surface area contributed by atoms with Gasteiger partial charge in [0.15, 0.2) is 0 Å². The lowest BCUT2D eigenvalue weighted by molar-refractivity contribution is 0.879. The third-order valence-electron chi connectivity index (χ3n) is 3.18. The molecular weight excluding hydrogens is 232 g/mol. The van der Waals surface area contributed by atoms with Crippen molar-refractivity contribution in [2.45, 2.75) is 13.8 Å². The molecule has 1 aliphatic carbocycles. The lowest BCUT2D eigenvalue weighted by Gasteiger charge is -2.04. The molecule has 1 heterocycles. The highest BCUT2D eigenvalue weighted by molar-refractivity contribution is 5.75. The maximum absolute atomic E-state index is 4.74. The molecule has 19 heavy (non-hydrogen) atoms. The molecule has 0 bridgehead atoms. The quantitative estimate of drug-likeness (QED) is 0.736. The van der Waals surface area contributed by atoms with Crippen molar-refractivity contribution in [3.05, 3.63) is 60.2 Å². The molecule has 0 radical (unpaired) electrons. The molecule has 2 nitrogen and oxygen atoms in total. The van der Waals surface area contributed by atoms with Crippen LogP contribution < -0.4 is 0 Å². The van der Waals surface area contributed by atoms with Gasteiger partial charge in [-0.1, -0.05) is 50.0 Å². The molecule has 2 heteroatoms. The maximum atomic E-state index is 4.74. The number of imidazole rings is 1. The Morgan fingerprint density at radius 3 is 2.79 bits per heavy atom. The van der Waals surface area contributed by atoms with Gasteiger partial charge in [0, 0.05) is 12.6 Å². The summed E-state index contributed by atoms with van der Waals surface area (Å²) in [5.41, 5.74) is 3.25. The van der Waals surface area contributed by atoms with Crippen molar-refractivity contribution >= 4 is 17.7 Å². The SMILES string of the molecule is C=C/C=C(\C=C/C)c1nc2c(n1C)C=CC(C)C=C2. The number of hydrogen-bond donors (Lipinski definition) is 0. The fraction of sp³-hybridized carbons (Fsp3) is 0.235. The van der Waals surface area contributed by atoms with Crippen LogP contribution in [-0.4, -0.2) is 9.55 Å². The molecule has 0 fully saturated rings. The standard InChI is InChI=1S/C17H20N2/c1-5-7-14(8-6-2)17-18-15-11-9-13(3)10-12-16(15)19(17)4/h5-13H,1H2,2-4H3/b8-6-,14-7+. The predicted molar refractivity (Wildman–Crippen MR) is 83.4 cm³/mol. The predicted octanol–water partition coefficient (Wildman–Crippen LogP) is 4.24. The van der Waals surface area contributed by atoms with Gasteiger partial charge in [0.25, 0.3) is 0 Å². The smallest absolute Gasteiger partial charge is 0.140 e. The molecule has 1 aromatic heterocycles. The highest BCUT2D eigenvalue weighted by Crippen LogP contribution is 2.24. The van der Waals surface area contributed by atoms with Crippen LogP contribution in [-0.2, 0) is 7.05 Å². The first-order valence-corrected chi connectivity index (χ1v) is 6.56. The lowest BCUT2D eigenvalue weighted by Crippen LogP contribution is -1.98. The Hall–Kier alpha value is -2.09. The van der Waals surface area contributed by atoms with E-state index in [1.165, 1.54) is 0 Å². The summed E-state index contributed by atoms with van der Waals surface area (Å²) in [7, 11) is 2.05. The molecule has 0 spiro atoms. The summed E-state index contributed by atoms with van der Waals surface area (Å²) in [6.07, 6.45) is 16.5. The molecular formula is C17H20N2. The van der Waals surface area contributed by atoms with E-state index >= 15 is 0 Å². The average Bonchev–Trinajstić information content (AvgIpc) is 2.57. The van der Waals surface area contributed by atoms with E-state index in [4.69, 9.17) is 4.98 Å². The zero-order valence-corrected chi connectivity index (χ0v) is 11.8. The highest BCUT2D eigenvalue weighted by atomic mass is 15.1. The molecule has 0 N–H and O–H groups in total. The molecule has 0 amide bonds. The van der Waals surface area contributed by atoms with Gasteiger partial charge < -0.3 is 4.57 Å². The van der Waals surface area contributed by atoms with Crippen molar-refractivity contribution in [2.75, 3.05) is 0 Å². The van der Waals surface area contributed by atoms with E-state index in [1.54, 1.807) is 6.08 Å².